The third kappa shape index (κ3) is 6.18. The van der Waals surface area contributed by atoms with Gasteiger partial charge in [-0.2, -0.15) is 0 Å². The van der Waals surface area contributed by atoms with Crippen LogP contribution in [0.1, 0.15) is 52.9 Å². The molecule has 0 aromatic carbocycles. The number of nitrogens with one attached hydrogen (secondary N) is 1. The Morgan fingerprint density at radius 2 is 1.86 bits per heavy atom. The topological polar surface area (TPSA) is 64.6 Å². The Kier molecular flexibility index (Phi) is 8.17. The normalized spacial score (nSPS) is 18.5. The van der Waals surface area contributed by atoms with Crippen molar-refractivity contribution in [1.29, 1.82) is 0 Å². The predicted octanol–water partition coefficient (Wildman–Crippen LogP) is 2.59. The smallest absolute Gasteiger partial charge is 0.335 e. The zero-order valence-corrected chi connectivity index (χ0v) is 14.0. The predicted molar refractivity (Wildman–Crippen MR) is 85.3 cm³/mol. The lowest BCUT2D eigenvalue weighted by Crippen LogP contribution is -2.47. The van der Waals surface area contributed by atoms with Gasteiger partial charge in [0.25, 0.3) is 5.91 Å². The molecule has 0 radical (unpaired) electrons. The van der Waals surface area contributed by atoms with Gasteiger partial charge in [-0.15, -0.1) is 6.58 Å². The SMILES string of the molecule is C=CCOC(C)C(=O)OC(C(=O)NC1CCCCC1)C(C)C. The van der Waals surface area contributed by atoms with Crippen LogP contribution >= 0.6 is 0 Å². The van der Waals surface area contributed by atoms with Gasteiger partial charge in [-0.05, 0) is 25.7 Å². The molecule has 1 aliphatic rings. The molecular formula is C17H29NO4. The first-order valence-electron chi connectivity index (χ1n) is 8.19. The number of amides is 1. The van der Waals surface area contributed by atoms with Gasteiger partial charge in [-0.1, -0.05) is 39.2 Å². The summed E-state index contributed by atoms with van der Waals surface area (Å²) in [4.78, 5) is 24.4. The number of carbonyl (C=O) groups excluding carboxylic acids is 2. The minimum atomic E-state index is -0.774. The van der Waals surface area contributed by atoms with Gasteiger partial charge in [0.15, 0.2) is 12.2 Å². The molecule has 22 heavy (non-hydrogen) atoms. The molecule has 1 amide bonds. The summed E-state index contributed by atoms with van der Waals surface area (Å²) in [6, 6.07) is 0.204. The molecule has 2 atom stereocenters. The molecule has 2 unspecified atom stereocenters. The van der Waals surface area contributed by atoms with Gasteiger partial charge < -0.3 is 14.8 Å². The van der Waals surface area contributed by atoms with Crippen molar-refractivity contribution in [3.63, 3.8) is 0 Å². The van der Waals surface area contributed by atoms with Crippen molar-refractivity contribution in [3.8, 4) is 0 Å². The highest BCUT2D eigenvalue weighted by molar-refractivity contribution is 5.85. The lowest BCUT2D eigenvalue weighted by atomic mass is 9.95. The molecule has 1 N–H and O–H groups in total. The molecular weight excluding hydrogens is 282 g/mol. The van der Waals surface area contributed by atoms with Crippen molar-refractivity contribution in [2.24, 2.45) is 5.92 Å². The zero-order valence-electron chi connectivity index (χ0n) is 14.0. The number of hydrogen-bond acceptors (Lipinski definition) is 4. The van der Waals surface area contributed by atoms with Crippen LogP contribution in [0.3, 0.4) is 0 Å². The van der Waals surface area contributed by atoms with E-state index in [2.05, 4.69) is 11.9 Å². The minimum Gasteiger partial charge on any atom is -0.450 e. The molecule has 126 valence electrons. The quantitative estimate of drug-likeness (QED) is 0.553. The number of hydrogen-bond donors (Lipinski definition) is 1. The van der Waals surface area contributed by atoms with Crippen molar-refractivity contribution in [3.05, 3.63) is 12.7 Å². The van der Waals surface area contributed by atoms with E-state index in [9.17, 15) is 9.59 Å². The molecule has 1 aliphatic carbocycles. The molecule has 0 bridgehead atoms. The second-order valence-electron chi connectivity index (χ2n) is 6.21. The fourth-order valence-electron chi connectivity index (χ4n) is 2.52. The maximum atomic E-state index is 12.4. The van der Waals surface area contributed by atoms with Crippen LogP contribution in [-0.4, -0.2) is 36.7 Å². The molecule has 0 aromatic heterocycles. The Labute approximate surface area is 133 Å². The number of carbonyl (C=O) groups is 2. The van der Waals surface area contributed by atoms with Gasteiger partial charge in [0, 0.05) is 6.04 Å². The highest BCUT2D eigenvalue weighted by atomic mass is 16.6. The van der Waals surface area contributed by atoms with Crippen LogP contribution in [0.5, 0.6) is 0 Å². The van der Waals surface area contributed by atoms with E-state index in [4.69, 9.17) is 9.47 Å². The highest BCUT2D eigenvalue weighted by Crippen LogP contribution is 2.18. The molecule has 1 fully saturated rings. The number of esters is 1. The average Bonchev–Trinajstić information content (AvgIpc) is 2.50. The Balaban J connectivity index is 2.54. The molecule has 1 saturated carbocycles. The van der Waals surface area contributed by atoms with Gasteiger partial charge >= 0.3 is 5.97 Å². The maximum absolute atomic E-state index is 12.4. The molecule has 1 rings (SSSR count). The van der Waals surface area contributed by atoms with E-state index < -0.39 is 18.2 Å². The summed E-state index contributed by atoms with van der Waals surface area (Å²) in [7, 11) is 0. The summed E-state index contributed by atoms with van der Waals surface area (Å²) in [5.41, 5.74) is 0. The fourth-order valence-corrected chi connectivity index (χ4v) is 2.52. The standard InChI is InChI=1S/C17H29NO4/c1-5-11-21-13(4)17(20)22-15(12(2)3)16(19)18-14-9-7-6-8-10-14/h5,12-15H,1,6-11H2,2-4H3,(H,18,19). The van der Waals surface area contributed by atoms with Crippen molar-refractivity contribution in [1.82, 2.24) is 5.32 Å². The monoisotopic (exact) mass is 311 g/mol. The average molecular weight is 311 g/mol. The van der Waals surface area contributed by atoms with Crippen molar-refractivity contribution in [2.75, 3.05) is 6.61 Å². The Hall–Kier alpha value is -1.36. The van der Waals surface area contributed by atoms with Crippen molar-refractivity contribution in [2.45, 2.75) is 71.1 Å². The van der Waals surface area contributed by atoms with E-state index in [-0.39, 0.29) is 24.5 Å². The van der Waals surface area contributed by atoms with Crippen LogP contribution in [0.15, 0.2) is 12.7 Å². The minimum absolute atomic E-state index is 0.0841. The lowest BCUT2D eigenvalue weighted by Gasteiger charge is -2.27. The van der Waals surface area contributed by atoms with Gasteiger partial charge in [0.2, 0.25) is 0 Å². The maximum Gasteiger partial charge on any atom is 0.335 e. The first-order valence-corrected chi connectivity index (χ1v) is 8.19. The molecule has 0 heterocycles. The Morgan fingerprint density at radius 3 is 2.41 bits per heavy atom. The fraction of sp³-hybridized carbons (Fsp3) is 0.765. The van der Waals surface area contributed by atoms with Crippen LogP contribution in [0, 0.1) is 5.92 Å². The summed E-state index contributed by atoms with van der Waals surface area (Å²) < 4.78 is 10.6. The summed E-state index contributed by atoms with van der Waals surface area (Å²) in [5.74, 6) is -0.801. The van der Waals surface area contributed by atoms with Crippen molar-refractivity contribution >= 4 is 11.9 Å². The first-order chi connectivity index (χ1) is 10.5. The number of rotatable bonds is 8. The van der Waals surface area contributed by atoms with E-state index in [1.165, 1.54) is 6.42 Å². The van der Waals surface area contributed by atoms with Crippen molar-refractivity contribution < 1.29 is 19.1 Å². The summed E-state index contributed by atoms with van der Waals surface area (Å²) in [5, 5.41) is 3.01. The van der Waals surface area contributed by atoms with E-state index in [0.29, 0.717) is 0 Å². The lowest BCUT2D eigenvalue weighted by molar-refractivity contribution is -0.168. The third-order valence-corrected chi connectivity index (χ3v) is 3.85. The summed E-state index contributed by atoms with van der Waals surface area (Å²) >= 11 is 0. The summed E-state index contributed by atoms with van der Waals surface area (Å²) in [6.45, 7) is 9.16. The molecule has 0 aromatic rings. The van der Waals surface area contributed by atoms with E-state index in [1.807, 2.05) is 13.8 Å². The van der Waals surface area contributed by atoms with Gasteiger partial charge in [0.05, 0.1) is 6.61 Å². The van der Waals surface area contributed by atoms with Crippen LogP contribution in [-0.2, 0) is 19.1 Å². The van der Waals surface area contributed by atoms with E-state index in [0.717, 1.165) is 25.7 Å². The first kappa shape index (κ1) is 18.7. The second kappa shape index (κ2) is 9.62. The van der Waals surface area contributed by atoms with Gasteiger partial charge in [0.1, 0.15) is 0 Å². The molecule has 5 heteroatoms. The van der Waals surface area contributed by atoms with E-state index >= 15 is 0 Å². The summed E-state index contributed by atoms with van der Waals surface area (Å²) in [6.07, 6.45) is 5.61. The Morgan fingerprint density at radius 1 is 1.23 bits per heavy atom. The second-order valence-corrected chi connectivity index (χ2v) is 6.21. The van der Waals surface area contributed by atoms with E-state index in [1.54, 1.807) is 13.0 Å². The van der Waals surface area contributed by atoms with Crippen LogP contribution in [0.25, 0.3) is 0 Å². The van der Waals surface area contributed by atoms with Crippen LogP contribution in [0.4, 0.5) is 0 Å². The molecule has 0 saturated heterocycles. The molecule has 0 aliphatic heterocycles. The molecule has 5 nitrogen and oxygen atoms in total. The Bertz CT molecular complexity index is 375. The van der Waals surface area contributed by atoms with Gasteiger partial charge in [-0.25, -0.2) is 4.79 Å². The molecule has 0 spiro atoms. The van der Waals surface area contributed by atoms with Crippen LogP contribution in [0.2, 0.25) is 0 Å². The third-order valence-electron chi connectivity index (χ3n) is 3.85. The highest BCUT2D eigenvalue weighted by Gasteiger charge is 2.30. The zero-order chi connectivity index (χ0) is 16.5. The number of ether oxygens (including phenoxy) is 2. The largest absolute Gasteiger partial charge is 0.450 e. The van der Waals surface area contributed by atoms with Crippen LogP contribution < -0.4 is 5.32 Å². The van der Waals surface area contributed by atoms with Gasteiger partial charge in [-0.3, -0.25) is 4.79 Å².